The van der Waals surface area contributed by atoms with Gasteiger partial charge in [0.15, 0.2) is 0 Å². The second-order valence-electron chi connectivity index (χ2n) is 3.27. The lowest BCUT2D eigenvalue weighted by atomic mass is 10.1. The van der Waals surface area contributed by atoms with Gasteiger partial charge < -0.3 is 10.5 Å². The van der Waals surface area contributed by atoms with Crippen LogP contribution >= 0.6 is 22.6 Å². The van der Waals surface area contributed by atoms with E-state index in [4.69, 9.17) is 4.74 Å². The predicted molar refractivity (Wildman–Crippen MR) is 61.8 cm³/mol. The molecule has 0 saturated carbocycles. The Morgan fingerprint density at radius 1 is 1.54 bits per heavy atom. The lowest BCUT2D eigenvalue weighted by Gasteiger charge is -2.09. The first-order chi connectivity index (χ1) is 6.13. The quantitative estimate of drug-likeness (QED) is 0.842. The normalized spacial score (nSPS) is 12.6. The fourth-order valence-corrected chi connectivity index (χ4v) is 1.84. The van der Waals surface area contributed by atoms with Gasteiger partial charge in [-0.3, -0.25) is 0 Å². The number of methoxy groups -OCH3 is 1. The lowest BCUT2D eigenvalue weighted by Crippen LogP contribution is -2.60. The van der Waals surface area contributed by atoms with Crippen molar-refractivity contribution in [3.05, 3.63) is 27.3 Å². The Labute approximate surface area is 92.6 Å². The van der Waals surface area contributed by atoms with Crippen molar-refractivity contribution >= 4 is 22.6 Å². The Bertz CT molecular complexity index is 286. The predicted octanol–water partition coefficient (Wildman–Crippen LogP) is 1.47. The molecule has 1 aromatic rings. The van der Waals surface area contributed by atoms with E-state index < -0.39 is 0 Å². The Balaban J connectivity index is 2.94. The summed E-state index contributed by atoms with van der Waals surface area (Å²) in [7, 11) is 1.71. The van der Waals surface area contributed by atoms with E-state index in [-0.39, 0.29) is 0 Å². The SMILES string of the molecule is COc1ccc(I)cc1CC(C)[NH3+]. The molecule has 0 aliphatic rings. The van der Waals surface area contributed by atoms with Crippen molar-refractivity contribution < 1.29 is 10.5 Å². The lowest BCUT2D eigenvalue weighted by molar-refractivity contribution is -0.413. The molecule has 0 spiro atoms. The highest BCUT2D eigenvalue weighted by Gasteiger charge is 2.07. The zero-order valence-electron chi connectivity index (χ0n) is 8.01. The number of hydrogen-bond acceptors (Lipinski definition) is 1. The number of quaternary nitrogens is 1. The zero-order chi connectivity index (χ0) is 9.84. The minimum atomic E-state index is 0.423. The van der Waals surface area contributed by atoms with Crippen LogP contribution < -0.4 is 10.5 Å². The first-order valence-corrected chi connectivity index (χ1v) is 5.37. The fourth-order valence-electron chi connectivity index (χ4n) is 1.28. The van der Waals surface area contributed by atoms with Crippen LogP contribution in [0.5, 0.6) is 5.75 Å². The molecule has 0 aliphatic carbocycles. The van der Waals surface area contributed by atoms with E-state index in [0.717, 1.165) is 12.2 Å². The van der Waals surface area contributed by atoms with Crippen LogP contribution in [0.1, 0.15) is 12.5 Å². The second kappa shape index (κ2) is 4.81. The minimum Gasteiger partial charge on any atom is -0.496 e. The Kier molecular flexibility index (Phi) is 3.99. The average molecular weight is 292 g/mol. The molecule has 1 atom stereocenters. The number of halogens is 1. The summed E-state index contributed by atoms with van der Waals surface area (Å²) in [4.78, 5) is 0. The van der Waals surface area contributed by atoms with Crippen molar-refractivity contribution in [3.63, 3.8) is 0 Å². The molecule has 3 N–H and O–H groups in total. The second-order valence-corrected chi connectivity index (χ2v) is 4.51. The van der Waals surface area contributed by atoms with Gasteiger partial charge in [0.05, 0.1) is 13.2 Å². The molecule has 0 heterocycles. The highest BCUT2D eigenvalue weighted by Crippen LogP contribution is 2.21. The molecule has 1 rings (SSSR count). The highest BCUT2D eigenvalue weighted by atomic mass is 127. The van der Waals surface area contributed by atoms with Gasteiger partial charge in [-0.25, -0.2) is 0 Å². The summed E-state index contributed by atoms with van der Waals surface area (Å²) in [6.07, 6.45) is 0.972. The third kappa shape index (κ3) is 3.15. The third-order valence-electron chi connectivity index (χ3n) is 1.81. The molecule has 72 valence electrons. The van der Waals surface area contributed by atoms with Gasteiger partial charge in [0, 0.05) is 15.6 Å². The van der Waals surface area contributed by atoms with Crippen molar-refractivity contribution in [1.82, 2.24) is 0 Å². The van der Waals surface area contributed by atoms with E-state index in [1.807, 2.05) is 6.07 Å². The molecule has 0 fully saturated rings. The van der Waals surface area contributed by atoms with Crippen molar-refractivity contribution in [3.8, 4) is 5.75 Å². The van der Waals surface area contributed by atoms with E-state index >= 15 is 0 Å². The van der Waals surface area contributed by atoms with Crippen LogP contribution in [0.4, 0.5) is 0 Å². The molecule has 1 unspecified atom stereocenters. The Hall–Kier alpha value is -0.290. The van der Waals surface area contributed by atoms with E-state index in [0.29, 0.717) is 6.04 Å². The van der Waals surface area contributed by atoms with Crippen LogP contribution in [-0.4, -0.2) is 13.2 Å². The van der Waals surface area contributed by atoms with Gasteiger partial charge in [-0.05, 0) is 47.7 Å². The van der Waals surface area contributed by atoms with Crippen LogP contribution in [0, 0.1) is 3.57 Å². The van der Waals surface area contributed by atoms with Crippen LogP contribution in [-0.2, 0) is 6.42 Å². The van der Waals surface area contributed by atoms with Gasteiger partial charge in [-0.2, -0.15) is 0 Å². The van der Waals surface area contributed by atoms with Crippen molar-refractivity contribution in [2.75, 3.05) is 7.11 Å². The summed E-state index contributed by atoms with van der Waals surface area (Å²) in [6.45, 7) is 2.11. The summed E-state index contributed by atoms with van der Waals surface area (Å²) in [6, 6.07) is 6.64. The van der Waals surface area contributed by atoms with E-state index in [2.05, 4.69) is 47.4 Å². The summed E-state index contributed by atoms with van der Waals surface area (Å²) in [5.41, 5.74) is 5.23. The van der Waals surface area contributed by atoms with E-state index in [9.17, 15) is 0 Å². The first-order valence-electron chi connectivity index (χ1n) is 4.29. The molecule has 0 amide bonds. The maximum absolute atomic E-state index is 5.27. The zero-order valence-corrected chi connectivity index (χ0v) is 10.2. The van der Waals surface area contributed by atoms with Crippen LogP contribution in [0.2, 0.25) is 0 Å². The van der Waals surface area contributed by atoms with Gasteiger partial charge in [-0.15, -0.1) is 0 Å². The Morgan fingerprint density at radius 3 is 2.77 bits per heavy atom. The number of hydrogen-bond donors (Lipinski definition) is 1. The molecule has 0 saturated heterocycles. The molecule has 0 aromatic heterocycles. The molecule has 0 aliphatic heterocycles. The van der Waals surface area contributed by atoms with Gasteiger partial charge in [0.25, 0.3) is 0 Å². The van der Waals surface area contributed by atoms with Crippen molar-refractivity contribution in [1.29, 1.82) is 0 Å². The topological polar surface area (TPSA) is 36.9 Å². The average Bonchev–Trinajstić information content (AvgIpc) is 2.03. The highest BCUT2D eigenvalue weighted by molar-refractivity contribution is 14.1. The van der Waals surface area contributed by atoms with Gasteiger partial charge in [0.2, 0.25) is 0 Å². The fraction of sp³-hybridized carbons (Fsp3) is 0.400. The summed E-state index contributed by atoms with van der Waals surface area (Å²) >= 11 is 2.31. The third-order valence-corrected chi connectivity index (χ3v) is 2.48. The maximum Gasteiger partial charge on any atom is 0.122 e. The standard InChI is InChI=1S/C10H14INO/c1-7(12)5-8-6-9(11)3-4-10(8)13-2/h3-4,6-7H,5,12H2,1-2H3/p+1. The summed E-state index contributed by atoms with van der Waals surface area (Å²) in [5, 5.41) is 0. The maximum atomic E-state index is 5.27. The molecule has 1 aromatic carbocycles. The first kappa shape index (κ1) is 10.8. The van der Waals surface area contributed by atoms with E-state index in [1.54, 1.807) is 7.11 Å². The Morgan fingerprint density at radius 2 is 2.23 bits per heavy atom. The smallest absolute Gasteiger partial charge is 0.122 e. The van der Waals surface area contributed by atoms with Gasteiger partial charge >= 0.3 is 0 Å². The molecular formula is C10H15INO+. The number of ether oxygens (including phenoxy) is 1. The summed E-state index contributed by atoms with van der Waals surface area (Å²) < 4.78 is 6.51. The molecular weight excluding hydrogens is 277 g/mol. The molecule has 0 radical (unpaired) electrons. The molecule has 2 nitrogen and oxygen atoms in total. The van der Waals surface area contributed by atoms with Crippen LogP contribution in [0.15, 0.2) is 18.2 Å². The van der Waals surface area contributed by atoms with Crippen LogP contribution in [0.25, 0.3) is 0 Å². The van der Waals surface area contributed by atoms with Crippen molar-refractivity contribution in [2.45, 2.75) is 19.4 Å². The van der Waals surface area contributed by atoms with E-state index in [1.165, 1.54) is 9.13 Å². The minimum absolute atomic E-state index is 0.423. The van der Waals surface area contributed by atoms with Gasteiger partial charge in [0.1, 0.15) is 5.75 Å². The van der Waals surface area contributed by atoms with Gasteiger partial charge in [-0.1, -0.05) is 0 Å². The largest absolute Gasteiger partial charge is 0.496 e. The molecule has 0 bridgehead atoms. The number of benzene rings is 1. The number of rotatable bonds is 3. The van der Waals surface area contributed by atoms with Crippen molar-refractivity contribution in [2.24, 2.45) is 0 Å². The summed E-state index contributed by atoms with van der Waals surface area (Å²) in [5.74, 6) is 0.968. The van der Waals surface area contributed by atoms with Crippen LogP contribution in [0.3, 0.4) is 0 Å². The molecule has 13 heavy (non-hydrogen) atoms. The monoisotopic (exact) mass is 292 g/mol. The molecule has 3 heteroatoms.